The van der Waals surface area contributed by atoms with Crippen molar-refractivity contribution in [2.45, 2.75) is 24.8 Å². The Morgan fingerprint density at radius 1 is 0.518 bits per heavy atom. The molecule has 0 bridgehead atoms. The molecule has 8 aromatic rings. The van der Waals surface area contributed by atoms with Gasteiger partial charge in [0.1, 0.15) is 0 Å². The third-order valence-electron chi connectivity index (χ3n) is 12.2. The Labute approximate surface area is 325 Å². The average molecular weight is 718 g/mol. The van der Waals surface area contributed by atoms with E-state index < -0.39 is 5.41 Å². The summed E-state index contributed by atoms with van der Waals surface area (Å²) in [6.07, 6.45) is 11.1. The van der Waals surface area contributed by atoms with E-state index in [2.05, 4.69) is 144 Å². The van der Waals surface area contributed by atoms with Crippen LogP contribution >= 0.6 is 0 Å². The topological polar surface area (TPSA) is 55.6 Å². The van der Waals surface area contributed by atoms with Gasteiger partial charge in [0, 0.05) is 39.3 Å². The van der Waals surface area contributed by atoms with Crippen LogP contribution in [0.15, 0.2) is 158 Å². The van der Waals surface area contributed by atoms with Crippen molar-refractivity contribution in [2.24, 2.45) is 0 Å². The molecule has 5 heteroatoms. The van der Waals surface area contributed by atoms with Gasteiger partial charge in [-0.25, -0.2) is 15.0 Å². The first-order chi connectivity index (χ1) is 27.8. The molecule has 1 unspecified atom stereocenters. The van der Waals surface area contributed by atoms with Gasteiger partial charge in [-0.2, -0.15) is 0 Å². The van der Waals surface area contributed by atoms with Gasteiger partial charge in [0.15, 0.2) is 17.5 Å². The predicted molar refractivity (Wildman–Crippen MR) is 225 cm³/mol. The molecule has 4 aliphatic rings. The van der Waals surface area contributed by atoms with Crippen molar-refractivity contribution in [1.82, 2.24) is 24.8 Å². The highest BCUT2D eigenvalue weighted by Crippen LogP contribution is 2.63. The summed E-state index contributed by atoms with van der Waals surface area (Å²) in [4.78, 5) is 15.3. The normalized spacial score (nSPS) is 16.4. The molecule has 0 saturated carbocycles. The Bertz CT molecular complexity index is 2900. The van der Waals surface area contributed by atoms with E-state index in [0.29, 0.717) is 17.5 Å². The zero-order valence-corrected chi connectivity index (χ0v) is 30.6. The van der Waals surface area contributed by atoms with Crippen molar-refractivity contribution < 1.29 is 0 Å². The lowest BCUT2D eigenvalue weighted by atomic mass is 9.70. The number of nitrogens with zero attached hydrogens (tertiary/aromatic N) is 4. The molecule has 1 spiro atoms. The molecule has 0 radical (unpaired) electrons. The van der Waals surface area contributed by atoms with Crippen molar-refractivity contribution in [1.29, 1.82) is 0 Å². The number of benzene rings is 6. The number of rotatable bonds is 4. The fourth-order valence-electron chi connectivity index (χ4n) is 9.88. The minimum absolute atomic E-state index is 0.539. The van der Waals surface area contributed by atoms with Crippen molar-refractivity contribution >= 4 is 12.2 Å². The van der Waals surface area contributed by atoms with Gasteiger partial charge in [-0.1, -0.05) is 133 Å². The van der Waals surface area contributed by atoms with E-state index in [9.17, 15) is 0 Å². The summed E-state index contributed by atoms with van der Waals surface area (Å²) in [7, 11) is 0. The molecule has 0 amide bonds. The second-order valence-corrected chi connectivity index (χ2v) is 15.1. The fourth-order valence-corrected chi connectivity index (χ4v) is 9.88. The van der Waals surface area contributed by atoms with E-state index in [-0.39, 0.29) is 0 Å². The summed E-state index contributed by atoms with van der Waals surface area (Å²) in [6.45, 7) is 0.798. The fraction of sp³-hybridized carbons (Fsp3) is 0.0784. The van der Waals surface area contributed by atoms with Gasteiger partial charge in [0.05, 0.1) is 12.0 Å². The van der Waals surface area contributed by atoms with Crippen LogP contribution in [0, 0.1) is 0 Å². The monoisotopic (exact) mass is 717 g/mol. The largest absolute Gasteiger partial charge is 0.385 e. The summed E-state index contributed by atoms with van der Waals surface area (Å²) in [5.74, 6) is 1.97. The SMILES string of the molecule is C1=Cc2c(c3c(n2-c2ccc4c(c2)C2(c5ccccc5-c5ccc(-c6nc(-c7ccccc7)nc(-c7ccccc7)n6)cc52)c2ccccc2-4)CNC=C3)CC1. The molecule has 12 rings (SSSR count). The van der Waals surface area contributed by atoms with Gasteiger partial charge in [-0.15, -0.1) is 0 Å². The van der Waals surface area contributed by atoms with Crippen molar-refractivity contribution in [3.63, 3.8) is 0 Å². The van der Waals surface area contributed by atoms with Crippen molar-refractivity contribution in [2.75, 3.05) is 0 Å². The Kier molecular flexibility index (Phi) is 6.67. The van der Waals surface area contributed by atoms with E-state index >= 15 is 0 Å². The Morgan fingerprint density at radius 3 is 1.77 bits per heavy atom. The van der Waals surface area contributed by atoms with E-state index in [4.69, 9.17) is 15.0 Å². The van der Waals surface area contributed by atoms with Gasteiger partial charge in [-0.05, 0) is 99.5 Å². The van der Waals surface area contributed by atoms with Crippen LogP contribution in [0.2, 0.25) is 0 Å². The van der Waals surface area contributed by atoms with E-state index in [1.165, 1.54) is 72.7 Å². The van der Waals surface area contributed by atoms with Gasteiger partial charge in [0.2, 0.25) is 0 Å². The molecule has 3 aliphatic carbocycles. The quantitative estimate of drug-likeness (QED) is 0.197. The van der Waals surface area contributed by atoms with Gasteiger partial charge in [0.25, 0.3) is 0 Å². The maximum absolute atomic E-state index is 5.16. The van der Waals surface area contributed by atoms with Gasteiger partial charge < -0.3 is 9.88 Å². The Morgan fingerprint density at radius 2 is 1.09 bits per heavy atom. The molecule has 1 atom stereocenters. The van der Waals surface area contributed by atoms with Gasteiger partial charge in [-0.3, -0.25) is 0 Å². The van der Waals surface area contributed by atoms with Crippen molar-refractivity contribution in [3.8, 4) is 62.1 Å². The standard InChI is InChI=1S/C51H35N5/c1-3-13-32(14-4-1)48-53-49(33-15-5-2-6-16-33)55-50(54-48)34-23-25-38-36-17-7-10-20-42(36)51(44(38)29-34)43-21-11-8-18-37(43)39-26-24-35(30-45(39)51)56-46-22-12-9-19-40(46)41-27-28-52-31-47(41)56/h1-8,10-18,20-30,52H,9,19,31H2. The minimum Gasteiger partial charge on any atom is -0.385 e. The van der Waals surface area contributed by atoms with Crippen LogP contribution < -0.4 is 5.32 Å². The van der Waals surface area contributed by atoms with Crippen LogP contribution in [0.1, 0.15) is 51.2 Å². The minimum atomic E-state index is -0.539. The first-order valence-electron chi connectivity index (χ1n) is 19.5. The smallest absolute Gasteiger partial charge is 0.164 e. The molecule has 0 fully saturated rings. The second-order valence-electron chi connectivity index (χ2n) is 15.1. The van der Waals surface area contributed by atoms with Crippen LogP contribution in [0.25, 0.3) is 74.3 Å². The van der Waals surface area contributed by atoms with Crippen LogP contribution in [0.3, 0.4) is 0 Å². The number of hydrogen-bond acceptors (Lipinski definition) is 4. The number of aromatic nitrogens is 4. The number of nitrogens with one attached hydrogen (secondary N) is 1. The van der Waals surface area contributed by atoms with E-state index in [1.807, 2.05) is 36.4 Å². The zero-order chi connectivity index (χ0) is 36.8. The molecule has 2 aromatic heterocycles. The Balaban J connectivity index is 1.12. The highest BCUT2D eigenvalue weighted by Gasteiger charge is 2.52. The van der Waals surface area contributed by atoms with Crippen LogP contribution in [-0.4, -0.2) is 19.5 Å². The summed E-state index contributed by atoms with van der Waals surface area (Å²) in [5, 5.41) is 3.51. The predicted octanol–water partition coefficient (Wildman–Crippen LogP) is 11.0. The molecule has 0 saturated heterocycles. The lowest BCUT2D eigenvalue weighted by Crippen LogP contribution is -2.26. The van der Waals surface area contributed by atoms with Gasteiger partial charge >= 0.3 is 0 Å². The summed E-state index contributed by atoms with van der Waals surface area (Å²) < 4.78 is 2.51. The van der Waals surface area contributed by atoms with Crippen molar-refractivity contribution in [3.05, 3.63) is 203 Å². The van der Waals surface area contributed by atoms with E-state index in [0.717, 1.165) is 36.1 Å². The third kappa shape index (κ3) is 4.34. The molecular weight excluding hydrogens is 683 g/mol. The molecule has 3 heterocycles. The highest BCUT2D eigenvalue weighted by molar-refractivity contribution is 5.96. The summed E-state index contributed by atoms with van der Waals surface area (Å²) in [5.41, 5.74) is 19.2. The molecule has 5 nitrogen and oxygen atoms in total. The maximum Gasteiger partial charge on any atom is 0.164 e. The molecular formula is C51H35N5. The second kappa shape index (κ2) is 11.9. The molecule has 1 aliphatic heterocycles. The van der Waals surface area contributed by atoms with Crippen LogP contribution in [0.5, 0.6) is 0 Å². The summed E-state index contributed by atoms with van der Waals surface area (Å²) >= 11 is 0. The van der Waals surface area contributed by atoms with Crippen LogP contribution in [-0.2, 0) is 18.4 Å². The molecule has 264 valence electrons. The zero-order valence-electron chi connectivity index (χ0n) is 30.6. The maximum atomic E-state index is 5.16. The molecule has 1 N–H and O–H groups in total. The lowest BCUT2D eigenvalue weighted by Gasteiger charge is -2.31. The van der Waals surface area contributed by atoms with E-state index in [1.54, 1.807) is 0 Å². The Hall–Kier alpha value is -7.11. The third-order valence-corrected chi connectivity index (χ3v) is 12.2. The highest BCUT2D eigenvalue weighted by atomic mass is 15.0. The molecule has 56 heavy (non-hydrogen) atoms. The number of fused-ring (bicyclic) bond motifs is 13. The molecule has 6 aromatic carbocycles. The first kappa shape index (κ1) is 31.3. The summed E-state index contributed by atoms with van der Waals surface area (Å²) in [6, 6.07) is 52.5. The number of hydrogen-bond donors (Lipinski definition) is 1. The lowest BCUT2D eigenvalue weighted by molar-refractivity contribution is 0.779. The van der Waals surface area contributed by atoms with Crippen LogP contribution in [0.4, 0.5) is 0 Å². The number of allylic oxidation sites excluding steroid dienone is 1. The average Bonchev–Trinajstić information content (AvgIpc) is 3.88. The first-order valence-corrected chi connectivity index (χ1v) is 19.5.